The lowest BCUT2D eigenvalue weighted by atomic mass is 10.1. The Morgan fingerprint density at radius 2 is 2.20 bits per heavy atom. The maximum absolute atomic E-state index is 12.4. The van der Waals surface area contributed by atoms with E-state index in [1.807, 2.05) is 17.0 Å². The summed E-state index contributed by atoms with van der Waals surface area (Å²) >= 11 is 0. The topological polar surface area (TPSA) is 33.2 Å². The monoisotopic (exact) mass is 274 g/mol. The first-order valence-corrected chi connectivity index (χ1v) is 7.98. The molecule has 2 rings (SSSR count). The molecule has 0 aromatic carbocycles. The fraction of sp³-hybridized carbons (Fsp3) is 0.647. The molecule has 0 radical (unpaired) electrons. The Kier molecular flexibility index (Phi) is 5.57. The summed E-state index contributed by atoms with van der Waals surface area (Å²) in [5.74, 6) is 0.139. The molecule has 0 spiro atoms. The van der Waals surface area contributed by atoms with Crippen molar-refractivity contribution >= 4 is 5.91 Å². The third-order valence-corrected chi connectivity index (χ3v) is 4.17. The number of hydrogen-bond acceptors (Lipinski definition) is 2. The summed E-state index contributed by atoms with van der Waals surface area (Å²) in [6, 6.07) is 4.33. The quantitative estimate of drug-likeness (QED) is 0.739. The van der Waals surface area contributed by atoms with Gasteiger partial charge < -0.3 is 4.90 Å². The van der Waals surface area contributed by atoms with Gasteiger partial charge in [-0.2, -0.15) is 0 Å². The lowest BCUT2D eigenvalue weighted by molar-refractivity contribution is 0.0747. The molecule has 110 valence electrons. The van der Waals surface area contributed by atoms with E-state index < -0.39 is 0 Å². The molecule has 1 aromatic rings. The average molecular weight is 274 g/mol. The molecular formula is C17H26N2O. The van der Waals surface area contributed by atoms with Crippen molar-refractivity contribution in [3.8, 4) is 0 Å². The summed E-state index contributed by atoms with van der Waals surface area (Å²) in [5, 5.41) is 0. The highest BCUT2D eigenvalue weighted by molar-refractivity contribution is 5.94. The fourth-order valence-corrected chi connectivity index (χ4v) is 2.83. The maximum Gasteiger partial charge on any atom is 0.255 e. The number of rotatable bonds is 6. The molecule has 0 saturated carbocycles. The van der Waals surface area contributed by atoms with Crippen molar-refractivity contribution in [3.05, 3.63) is 29.6 Å². The predicted octanol–water partition coefficient (Wildman–Crippen LogP) is 3.83. The minimum absolute atomic E-state index is 0.139. The molecule has 0 bridgehead atoms. The van der Waals surface area contributed by atoms with Crippen LogP contribution in [0.2, 0.25) is 0 Å². The largest absolute Gasteiger partial charge is 0.336 e. The third kappa shape index (κ3) is 3.81. The zero-order chi connectivity index (χ0) is 14.4. The molecule has 1 aliphatic heterocycles. The van der Waals surface area contributed by atoms with Crippen LogP contribution < -0.4 is 0 Å². The van der Waals surface area contributed by atoms with Crippen LogP contribution in [0, 0.1) is 0 Å². The minimum Gasteiger partial charge on any atom is -0.336 e. The van der Waals surface area contributed by atoms with Crippen molar-refractivity contribution in [1.82, 2.24) is 9.88 Å². The third-order valence-electron chi connectivity index (χ3n) is 4.17. The molecule has 1 aromatic heterocycles. The Morgan fingerprint density at radius 1 is 1.35 bits per heavy atom. The molecule has 3 heteroatoms. The summed E-state index contributed by atoms with van der Waals surface area (Å²) in [4.78, 5) is 18.8. The van der Waals surface area contributed by atoms with Gasteiger partial charge in [-0.05, 0) is 44.7 Å². The fourth-order valence-electron chi connectivity index (χ4n) is 2.83. The molecule has 1 amide bonds. The summed E-state index contributed by atoms with van der Waals surface area (Å²) in [6.45, 7) is 5.23. The predicted molar refractivity (Wildman–Crippen MR) is 81.8 cm³/mol. The highest BCUT2D eigenvalue weighted by Gasteiger charge is 2.25. The molecule has 2 heterocycles. The summed E-state index contributed by atoms with van der Waals surface area (Å²) in [5.41, 5.74) is 1.84. The van der Waals surface area contributed by atoms with E-state index in [1.165, 1.54) is 25.7 Å². The van der Waals surface area contributed by atoms with Gasteiger partial charge in [0.15, 0.2) is 0 Å². The highest BCUT2D eigenvalue weighted by atomic mass is 16.2. The molecular weight excluding hydrogens is 248 g/mol. The second-order valence-electron chi connectivity index (χ2n) is 5.84. The van der Waals surface area contributed by atoms with Crippen LogP contribution >= 0.6 is 0 Å². The number of amides is 1. The second-order valence-corrected chi connectivity index (χ2v) is 5.84. The first kappa shape index (κ1) is 15.0. The second kappa shape index (κ2) is 7.41. The first-order chi connectivity index (χ1) is 9.72. The van der Waals surface area contributed by atoms with Gasteiger partial charge in [0, 0.05) is 24.5 Å². The molecule has 1 fully saturated rings. The van der Waals surface area contributed by atoms with Crippen LogP contribution in [-0.2, 0) is 6.42 Å². The summed E-state index contributed by atoms with van der Waals surface area (Å²) in [6.07, 6.45) is 10.0. The van der Waals surface area contributed by atoms with E-state index >= 15 is 0 Å². The van der Waals surface area contributed by atoms with Gasteiger partial charge in [0.05, 0.1) is 5.56 Å². The summed E-state index contributed by atoms with van der Waals surface area (Å²) < 4.78 is 0. The van der Waals surface area contributed by atoms with Gasteiger partial charge in [-0.3, -0.25) is 9.78 Å². The number of aryl methyl sites for hydroxylation is 1. The molecule has 0 aliphatic carbocycles. The number of pyridine rings is 1. The minimum atomic E-state index is 0.139. The maximum atomic E-state index is 12.4. The Hall–Kier alpha value is -1.38. The van der Waals surface area contributed by atoms with Crippen LogP contribution in [0.15, 0.2) is 18.3 Å². The molecule has 20 heavy (non-hydrogen) atoms. The molecule has 3 nitrogen and oxygen atoms in total. The number of likely N-dealkylation sites (tertiary alicyclic amines) is 1. The standard InChI is InChI=1S/C17H26N2O/c1-3-4-5-6-9-16-11-10-15(13-18-16)17(20)19-12-7-8-14(19)2/h10-11,13-14H,3-9,12H2,1-2H3. The van der Waals surface area contributed by atoms with Crippen LogP contribution in [0.3, 0.4) is 0 Å². The van der Waals surface area contributed by atoms with Crippen LogP contribution in [-0.4, -0.2) is 28.4 Å². The van der Waals surface area contributed by atoms with Crippen molar-refractivity contribution in [2.75, 3.05) is 6.54 Å². The smallest absolute Gasteiger partial charge is 0.255 e. The van der Waals surface area contributed by atoms with Gasteiger partial charge >= 0.3 is 0 Å². The Morgan fingerprint density at radius 3 is 2.80 bits per heavy atom. The zero-order valence-electron chi connectivity index (χ0n) is 12.8. The summed E-state index contributed by atoms with van der Waals surface area (Å²) in [7, 11) is 0. The van der Waals surface area contributed by atoms with Gasteiger partial charge in [0.1, 0.15) is 0 Å². The highest BCUT2D eigenvalue weighted by Crippen LogP contribution is 2.19. The molecule has 0 N–H and O–H groups in total. The van der Waals surface area contributed by atoms with Crippen LogP contribution in [0.4, 0.5) is 0 Å². The number of nitrogens with zero attached hydrogens (tertiary/aromatic N) is 2. The molecule has 1 saturated heterocycles. The van der Waals surface area contributed by atoms with E-state index in [0.717, 1.165) is 37.1 Å². The van der Waals surface area contributed by atoms with E-state index in [0.29, 0.717) is 6.04 Å². The van der Waals surface area contributed by atoms with Crippen LogP contribution in [0.25, 0.3) is 0 Å². The van der Waals surface area contributed by atoms with Crippen LogP contribution in [0.5, 0.6) is 0 Å². The van der Waals surface area contributed by atoms with Gasteiger partial charge in [-0.1, -0.05) is 26.2 Å². The number of carbonyl (C=O) groups excluding carboxylic acids is 1. The van der Waals surface area contributed by atoms with Gasteiger partial charge in [0.2, 0.25) is 0 Å². The molecule has 1 unspecified atom stereocenters. The lowest BCUT2D eigenvalue weighted by Crippen LogP contribution is -2.33. The molecule has 1 aliphatic rings. The normalized spacial score (nSPS) is 18.5. The zero-order valence-corrected chi connectivity index (χ0v) is 12.8. The van der Waals surface area contributed by atoms with Crippen molar-refractivity contribution in [2.24, 2.45) is 0 Å². The van der Waals surface area contributed by atoms with E-state index in [1.54, 1.807) is 6.20 Å². The van der Waals surface area contributed by atoms with E-state index in [4.69, 9.17) is 0 Å². The van der Waals surface area contributed by atoms with Gasteiger partial charge in [-0.15, -0.1) is 0 Å². The van der Waals surface area contributed by atoms with E-state index in [9.17, 15) is 4.79 Å². The Bertz CT molecular complexity index is 427. The molecule has 1 atom stereocenters. The van der Waals surface area contributed by atoms with Crippen molar-refractivity contribution < 1.29 is 4.79 Å². The van der Waals surface area contributed by atoms with Crippen molar-refractivity contribution in [2.45, 2.75) is 64.8 Å². The Labute approximate surface area is 122 Å². The van der Waals surface area contributed by atoms with Gasteiger partial charge in [0.25, 0.3) is 5.91 Å². The SMILES string of the molecule is CCCCCCc1ccc(C(=O)N2CCCC2C)cn1. The van der Waals surface area contributed by atoms with Crippen molar-refractivity contribution in [1.29, 1.82) is 0 Å². The van der Waals surface area contributed by atoms with Crippen molar-refractivity contribution in [3.63, 3.8) is 0 Å². The van der Waals surface area contributed by atoms with E-state index in [2.05, 4.69) is 18.8 Å². The Balaban J connectivity index is 1.89. The number of aromatic nitrogens is 1. The lowest BCUT2D eigenvalue weighted by Gasteiger charge is -2.21. The number of unbranched alkanes of at least 4 members (excludes halogenated alkanes) is 3. The number of hydrogen-bond donors (Lipinski definition) is 0. The van der Waals surface area contributed by atoms with Gasteiger partial charge in [-0.25, -0.2) is 0 Å². The number of carbonyl (C=O) groups is 1. The van der Waals surface area contributed by atoms with Crippen LogP contribution in [0.1, 0.15) is 68.4 Å². The average Bonchev–Trinajstić information content (AvgIpc) is 2.90. The van der Waals surface area contributed by atoms with E-state index in [-0.39, 0.29) is 5.91 Å². The first-order valence-electron chi connectivity index (χ1n) is 7.98.